The SMILES string of the molecule is CC(C)(F)C(=O)Nc1ncccc1Cl. The lowest BCUT2D eigenvalue weighted by molar-refractivity contribution is -0.125. The maximum absolute atomic E-state index is 13.1. The monoisotopic (exact) mass is 216 g/mol. The van der Waals surface area contributed by atoms with Gasteiger partial charge in [-0.3, -0.25) is 4.79 Å². The predicted molar refractivity (Wildman–Crippen MR) is 53.1 cm³/mol. The second kappa shape index (κ2) is 3.92. The van der Waals surface area contributed by atoms with Crippen LogP contribution in [0, 0.1) is 0 Å². The number of pyridine rings is 1. The van der Waals surface area contributed by atoms with Crippen LogP contribution in [0.5, 0.6) is 0 Å². The molecule has 0 unspecified atom stereocenters. The van der Waals surface area contributed by atoms with Gasteiger partial charge in [0.1, 0.15) is 0 Å². The fourth-order valence-electron chi connectivity index (χ4n) is 0.734. The first-order valence-electron chi connectivity index (χ1n) is 4.02. The van der Waals surface area contributed by atoms with Crippen LogP contribution in [0.15, 0.2) is 18.3 Å². The standard InChI is InChI=1S/C9H10ClFN2O/c1-9(2,11)8(14)13-7-6(10)4-3-5-12-7/h3-5H,1-2H3,(H,12,13,14). The van der Waals surface area contributed by atoms with Crippen LogP contribution in [0.1, 0.15) is 13.8 Å². The Hall–Kier alpha value is -1.16. The van der Waals surface area contributed by atoms with E-state index in [-0.39, 0.29) is 10.8 Å². The van der Waals surface area contributed by atoms with Crippen LogP contribution in [0.4, 0.5) is 10.2 Å². The third kappa shape index (κ3) is 2.67. The summed E-state index contributed by atoms with van der Waals surface area (Å²) in [4.78, 5) is 15.0. The Labute approximate surface area is 86.3 Å². The number of carbonyl (C=O) groups excluding carboxylic acids is 1. The maximum Gasteiger partial charge on any atom is 0.262 e. The van der Waals surface area contributed by atoms with Gasteiger partial charge in [-0.15, -0.1) is 0 Å². The minimum Gasteiger partial charge on any atom is -0.307 e. The third-order valence-electron chi connectivity index (χ3n) is 1.53. The summed E-state index contributed by atoms with van der Waals surface area (Å²) < 4.78 is 13.1. The molecule has 0 radical (unpaired) electrons. The average Bonchev–Trinajstić information content (AvgIpc) is 2.07. The summed E-state index contributed by atoms with van der Waals surface area (Å²) in [5.41, 5.74) is -1.94. The molecule has 1 heterocycles. The molecule has 0 atom stereocenters. The smallest absolute Gasteiger partial charge is 0.262 e. The number of hydrogen-bond donors (Lipinski definition) is 1. The van der Waals surface area contributed by atoms with E-state index in [1.165, 1.54) is 20.0 Å². The fraction of sp³-hybridized carbons (Fsp3) is 0.333. The molecule has 14 heavy (non-hydrogen) atoms. The number of amides is 1. The van der Waals surface area contributed by atoms with Crippen molar-refractivity contribution in [1.82, 2.24) is 4.98 Å². The Morgan fingerprint density at radius 2 is 2.29 bits per heavy atom. The van der Waals surface area contributed by atoms with Gasteiger partial charge in [0.2, 0.25) is 0 Å². The number of nitrogens with one attached hydrogen (secondary N) is 1. The number of aromatic nitrogens is 1. The van der Waals surface area contributed by atoms with E-state index in [9.17, 15) is 9.18 Å². The van der Waals surface area contributed by atoms with Crippen molar-refractivity contribution < 1.29 is 9.18 Å². The molecule has 1 N–H and O–H groups in total. The van der Waals surface area contributed by atoms with Gasteiger partial charge in [0.15, 0.2) is 11.5 Å². The van der Waals surface area contributed by atoms with Gasteiger partial charge in [0, 0.05) is 6.20 Å². The van der Waals surface area contributed by atoms with Crippen molar-refractivity contribution in [2.45, 2.75) is 19.5 Å². The first-order valence-corrected chi connectivity index (χ1v) is 4.40. The highest BCUT2D eigenvalue weighted by atomic mass is 35.5. The van der Waals surface area contributed by atoms with Crippen molar-refractivity contribution in [2.75, 3.05) is 5.32 Å². The van der Waals surface area contributed by atoms with Gasteiger partial charge < -0.3 is 5.32 Å². The van der Waals surface area contributed by atoms with Crippen molar-refractivity contribution in [3.63, 3.8) is 0 Å². The molecule has 0 saturated heterocycles. The fourth-order valence-corrected chi connectivity index (χ4v) is 0.903. The second-order valence-corrected chi connectivity index (χ2v) is 3.67. The van der Waals surface area contributed by atoms with E-state index in [1.54, 1.807) is 12.1 Å². The van der Waals surface area contributed by atoms with Gasteiger partial charge >= 0.3 is 0 Å². The lowest BCUT2D eigenvalue weighted by Crippen LogP contribution is -2.32. The lowest BCUT2D eigenvalue weighted by Gasteiger charge is -2.13. The molecule has 0 aliphatic heterocycles. The molecular formula is C9H10ClFN2O. The molecule has 1 aromatic heterocycles. The van der Waals surface area contributed by atoms with Crippen molar-refractivity contribution in [3.8, 4) is 0 Å². The zero-order valence-corrected chi connectivity index (χ0v) is 8.60. The van der Waals surface area contributed by atoms with Gasteiger partial charge in [-0.2, -0.15) is 0 Å². The number of alkyl halides is 1. The third-order valence-corrected chi connectivity index (χ3v) is 1.84. The van der Waals surface area contributed by atoms with E-state index in [2.05, 4.69) is 10.3 Å². The molecule has 0 aliphatic rings. The topological polar surface area (TPSA) is 42.0 Å². The summed E-state index contributed by atoms with van der Waals surface area (Å²) in [6, 6.07) is 3.19. The highest BCUT2D eigenvalue weighted by Crippen LogP contribution is 2.19. The van der Waals surface area contributed by atoms with E-state index >= 15 is 0 Å². The molecule has 3 nitrogen and oxygen atoms in total. The Morgan fingerprint density at radius 1 is 1.64 bits per heavy atom. The average molecular weight is 217 g/mol. The maximum atomic E-state index is 13.1. The number of anilines is 1. The summed E-state index contributed by atoms with van der Waals surface area (Å²) in [5, 5.41) is 2.58. The molecule has 76 valence electrons. The number of carbonyl (C=O) groups is 1. The molecule has 1 amide bonds. The normalized spacial score (nSPS) is 11.1. The highest BCUT2D eigenvalue weighted by Gasteiger charge is 2.27. The van der Waals surface area contributed by atoms with Crippen LogP contribution in [-0.2, 0) is 4.79 Å². The van der Waals surface area contributed by atoms with Crippen LogP contribution >= 0.6 is 11.6 Å². The molecule has 1 aromatic rings. The Balaban J connectivity index is 2.80. The zero-order valence-electron chi connectivity index (χ0n) is 7.84. The molecular weight excluding hydrogens is 207 g/mol. The number of nitrogens with zero attached hydrogens (tertiary/aromatic N) is 1. The summed E-state index contributed by atoms with van der Waals surface area (Å²) in [6.07, 6.45) is 1.47. The van der Waals surface area contributed by atoms with Gasteiger partial charge in [-0.05, 0) is 26.0 Å². The van der Waals surface area contributed by atoms with Gasteiger partial charge in [-0.1, -0.05) is 11.6 Å². The van der Waals surface area contributed by atoms with Gasteiger partial charge in [0.05, 0.1) is 5.02 Å². The van der Waals surface area contributed by atoms with E-state index < -0.39 is 11.6 Å². The van der Waals surface area contributed by atoms with Crippen molar-refractivity contribution in [3.05, 3.63) is 23.4 Å². The minimum atomic E-state index is -1.94. The number of hydrogen-bond acceptors (Lipinski definition) is 2. The first-order chi connectivity index (χ1) is 6.41. The highest BCUT2D eigenvalue weighted by molar-refractivity contribution is 6.33. The van der Waals surface area contributed by atoms with Crippen LogP contribution in [0.25, 0.3) is 0 Å². The summed E-state index contributed by atoms with van der Waals surface area (Å²) >= 11 is 5.72. The Morgan fingerprint density at radius 3 is 2.79 bits per heavy atom. The molecule has 0 saturated carbocycles. The van der Waals surface area contributed by atoms with E-state index in [1.807, 2.05) is 0 Å². The molecule has 0 aromatic carbocycles. The lowest BCUT2D eigenvalue weighted by atomic mass is 10.1. The molecule has 0 aliphatic carbocycles. The number of halogens is 2. The molecule has 0 spiro atoms. The van der Waals surface area contributed by atoms with Crippen LogP contribution in [-0.4, -0.2) is 16.6 Å². The minimum absolute atomic E-state index is 0.171. The van der Waals surface area contributed by atoms with E-state index in [0.717, 1.165) is 0 Å². The van der Waals surface area contributed by atoms with E-state index in [0.29, 0.717) is 0 Å². The first kappa shape index (κ1) is 10.9. The van der Waals surface area contributed by atoms with Crippen molar-refractivity contribution >= 4 is 23.3 Å². The summed E-state index contributed by atoms with van der Waals surface area (Å²) in [5.74, 6) is -0.594. The largest absolute Gasteiger partial charge is 0.307 e. The van der Waals surface area contributed by atoms with Gasteiger partial charge in [-0.25, -0.2) is 9.37 Å². The number of rotatable bonds is 2. The summed E-state index contributed by atoms with van der Waals surface area (Å²) in [6.45, 7) is 2.33. The van der Waals surface area contributed by atoms with Gasteiger partial charge in [0.25, 0.3) is 5.91 Å². The predicted octanol–water partition coefficient (Wildman–Crippen LogP) is 2.42. The Kier molecular flexibility index (Phi) is 3.06. The van der Waals surface area contributed by atoms with Crippen LogP contribution in [0.2, 0.25) is 5.02 Å². The van der Waals surface area contributed by atoms with Crippen molar-refractivity contribution in [1.29, 1.82) is 0 Å². The zero-order chi connectivity index (χ0) is 10.8. The molecule has 1 rings (SSSR count). The van der Waals surface area contributed by atoms with Crippen molar-refractivity contribution in [2.24, 2.45) is 0 Å². The van der Waals surface area contributed by atoms with Crippen LogP contribution < -0.4 is 5.32 Å². The molecule has 0 fully saturated rings. The summed E-state index contributed by atoms with van der Waals surface area (Å²) in [7, 11) is 0. The quantitative estimate of drug-likeness (QED) is 0.825. The second-order valence-electron chi connectivity index (χ2n) is 3.26. The Bertz CT molecular complexity index is 349. The molecule has 0 bridgehead atoms. The molecule has 5 heteroatoms. The van der Waals surface area contributed by atoms with E-state index in [4.69, 9.17) is 11.6 Å². The van der Waals surface area contributed by atoms with Crippen LogP contribution in [0.3, 0.4) is 0 Å².